The smallest absolute Gasteiger partial charge is 0.243 e. The van der Waals surface area contributed by atoms with E-state index in [4.69, 9.17) is 4.99 Å². The second kappa shape index (κ2) is 10.8. The Balaban J connectivity index is 1.59. The first-order valence-electron chi connectivity index (χ1n) is 11.7. The number of benzene rings is 1. The number of aliphatic imine (C=N–C) groups is 1. The Morgan fingerprint density at radius 3 is 2.48 bits per heavy atom. The van der Waals surface area contributed by atoms with Crippen molar-refractivity contribution in [1.29, 1.82) is 0 Å². The molecule has 31 heavy (non-hydrogen) atoms. The number of sulfonamides is 1. The number of guanidine groups is 1. The van der Waals surface area contributed by atoms with Gasteiger partial charge in [0.25, 0.3) is 0 Å². The van der Waals surface area contributed by atoms with Crippen molar-refractivity contribution in [3.05, 3.63) is 29.8 Å². The summed E-state index contributed by atoms with van der Waals surface area (Å²) in [7, 11) is -1.84. The van der Waals surface area contributed by atoms with Crippen molar-refractivity contribution in [3.63, 3.8) is 0 Å². The Hall–Kier alpha value is -1.64. The van der Waals surface area contributed by atoms with E-state index >= 15 is 0 Å². The van der Waals surface area contributed by atoms with Gasteiger partial charge in [0, 0.05) is 44.8 Å². The van der Waals surface area contributed by atoms with Gasteiger partial charge in [-0.05, 0) is 57.7 Å². The highest BCUT2D eigenvalue weighted by molar-refractivity contribution is 7.89. The second-order valence-corrected chi connectivity index (χ2v) is 11.0. The van der Waals surface area contributed by atoms with E-state index in [9.17, 15) is 8.42 Å². The molecule has 0 aromatic heterocycles. The van der Waals surface area contributed by atoms with Gasteiger partial charge >= 0.3 is 0 Å². The lowest BCUT2D eigenvalue weighted by atomic mass is 10.2. The third kappa shape index (κ3) is 6.20. The van der Waals surface area contributed by atoms with Gasteiger partial charge in [0.2, 0.25) is 10.0 Å². The molecule has 0 bridgehead atoms. The minimum Gasteiger partial charge on any atom is -0.357 e. The molecule has 1 aliphatic heterocycles. The van der Waals surface area contributed by atoms with Gasteiger partial charge in [-0.15, -0.1) is 0 Å². The molecule has 3 rings (SSSR count). The van der Waals surface area contributed by atoms with Gasteiger partial charge in [-0.1, -0.05) is 25.0 Å². The molecule has 8 heteroatoms. The van der Waals surface area contributed by atoms with Crippen LogP contribution in [0, 0.1) is 0 Å². The molecule has 1 saturated carbocycles. The van der Waals surface area contributed by atoms with Crippen LogP contribution in [-0.4, -0.2) is 68.4 Å². The SMILES string of the molecule is CCNC(=NCc1ccc(S(=O)(=O)N(C)C(C)C)cc1)NC1CCN(C2CCCC2)C1. The van der Waals surface area contributed by atoms with Crippen LogP contribution < -0.4 is 10.6 Å². The predicted molar refractivity (Wildman–Crippen MR) is 127 cm³/mol. The maximum absolute atomic E-state index is 12.6. The lowest BCUT2D eigenvalue weighted by Crippen LogP contribution is -2.45. The number of hydrogen-bond acceptors (Lipinski definition) is 4. The Morgan fingerprint density at radius 2 is 1.87 bits per heavy atom. The molecule has 1 aromatic carbocycles. The van der Waals surface area contributed by atoms with E-state index in [1.54, 1.807) is 19.2 Å². The Labute approximate surface area is 188 Å². The number of hydrogen-bond donors (Lipinski definition) is 2. The van der Waals surface area contributed by atoms with E-state index in [1.165, 1.54) is 36.5 Å². The van der Waals surface area contributed by atoms with Crippen LogP contribution in [0.15, 0.2) is 34.2 Å². The number of nitrogens with zero attached hydrogens (tertiary/aromatic N) is 3. The summed E-state index contributed by atoms with van der Waals surface area (Å²) in [5, 5.41) is 6.94. The van der Waals surface area contributed by atoms with Crippen LogP contribution >= 0.6 is 0 Å². The summed E-state index contributed by atoms with van der Waals surface area (Å²) in [4.78, 5) is 7.70. The van der Waals surface area contributed by atoms with Crippen molar-refractivity contribution in [2.24, 2.45) is 4.99 Å². The molecule has 1 heterocycles. The van der Waals surface area contributed by atoms with Gasteiger partial charge in [-0.25, -0.2) is 13.4 Å². The minimum atomic E-state index is -3.45. The molecule has 1 aliphatic carbocycles. The molecule has 2 N–H and O–H groups in total. The molecule has 174 valence electrons. The number of likely N-dealkylation sites (tertiary alicyclic amines) is 1. The Kier molecular flexibility index (Phi) is 8.36. The zero-order valence-corrected chi connectivity index (χ0v) is 20.3. The van der Waals surface area contributed by atoms with Gasteiger partial charge < -0.3 is 10.6 Å². The van der Waals surface area contributed by atoms with E-state index in [1.807, 2.05) is 26.0 Å². The van der Waals surface area contributed by atoms with Gasteiger partial charge in [0.05, 0.1) is 11.4 Å². The van der Waals surface area contributed by atoms with Crippen molar-refractivity contribution in [3.8, 4) is 0 Å². The van der Waals surface area contributed by atoms with Crippen molar-refractivity contribution in [2.75, 3.05) is 26.7 Å². The predicted octanol–water partition coefficient (Wildman–Crippen LogP) is 2.79. The maximum Gasteiger partial charge on any atom is 0.243 e. The average Bonchev–Trinajstić information content (AvgIpc) is 3.44. The zero-order chi connectivity index (χ0) is 22.4. The van der Waals surface area contributed by atoms with Crippen molar-refractivity contribution < 1.29 is 8.42 Å². The number of nitrogens with one attached hydrogen (secondary N) is 2. The standard InChI is InChI=1S/C23H39N5O2S/c1-5-24-23(26-20-14-15-28(17-20)21-8-6-7-9-21)25-16-19-10-12-22(13-11-19)31(29,30)27(4)18(2)3/h10-13,18,20-21H,5-9,14-17H2,1-4H3,(H2,24,25,26). The molecule has 2 fully saturated rings. The van der Waals surface area contributed by atoms with Crippen LogP contribution in [0.3, 0.4) is 0 Å². The normalized spacial score (nSPS) is 21.4. The highest BCUT2D eigenvalue weighted by Crippen LogP contribution is 2.26. The Bertz CT molecular complexity index is 832. The molecule has 2 aliphatic rings. The van der Waals surface area contributed by atoms with Crippen molar-refractivity contribution in [1.82, 2.24) is 19.8 Å². The van der Waals surface area contributed by atoms with Gasteiger partial charge in [0.1, 0.15) is 0 Å². The van der Waals surface area contributed by atoms with E-state index in [0.717, 1.165) is 37.1 Å². The number of rotatable bonds is 8. The summed E-state index contributed by atoms with van der Waals surface area (Å²) in [6, 6.07) is 8.18. The minimum absolute atomic E-state index is 0.0804. The fourth-order valence-corrected chi connectivity index (χ4v) is 5.77. The maximum atomic E-state index is 12.6. The quantitative estimate of drug-likeness (QED) is 0.471. The lowest BCUT2D eigenvalue weighted by Gasteiger charge is -2.24. The summed E-state index contributed by atoms with van der Waals surface area (Å²) in [6.07, 6.45) is 6.59. The highest BCUT2D eigenvalue weighted by atomic mass is 32.2. The summed E-state index contributed by atoms with van der Waals surface area (Å²) < 4.78 is 26.6. The average molecular weight is 450 g/mol. The van der Waals surface area contributed by atoms with Crippen LogP contribution in [0.4, 0.5) is 0 Å². The molecule has 0 radical (unpaired) electrons. The van der Waals surface area contributed by atoms with Crippen LogP contribution in [0.25, 0.3) is 0 Å². The molecular weight excluding hydrogens is 410 g/mol. The van der Waals surface area contributed by atoms with Crippen LogP contribution in [0.5, 0.6) is 0 Å². The van der Waals surface area contributed by atoms with Gasteiger partial charge in [-0.3, -0.25) is 4.90 Å². The van der Waals surface area contributed by atoms with Crippen LogP contribution in [-0.2, 0) is 16.6 Å². The highest BCUT2D eigenvalue weighted by Gasteiger charge is 2.30. The molecule has 1 atom stereocenters. The third-order valence-electron chi connectivity index (χ3n) is 6.49. The lowest BCUT2D eigenvalue weighted by molar-refractivity contribution is 0.242. The van der Waals surface area contributed by atoms with E-state index in [-0.39, 0.29) is 6.04 Å². The molecule has 1 unspecified atom stereocenters. The van der Waals surface area contributed by atoms with Gasteiger partial charge in [-0.2, -0.15) is 4.31 Å². The van der Waals surface area contributed by atoms with Crippen molar-refractivity contribution >= 4 is 16.0 Å². The van der Waals surface area contributed by atoms with Gasteiger partial charge in [0.15, 0.2) is 5.96 Å². The zero-order valence-electron chi connectivity index (χ0n) is 19.5. The monoisotopic (exact) mass is 449 g/mol. The second-order valence-electron chi connectivity index (χ2n) is 9.02. The van der Waals surface area contributed by atoms with E-state index in [2.05, 4.69) is 22.5 Å². The fourth-order valence-electron chi connectivity index (χ4n) is 4.40. The summed E-state index contributed by atoms with van der Waals surface area (Å²) in [6.45, 7) is 9.38. The molecule has 0 amide bonds. The topological polar surface area (TPSA) is 77.0 Å². The third-order valence-corrected chi connectivity index (χ3v) is 8.54. The fraction of sp³-hybridized carbons (Fsp3) is 0.696. The first-order chi connectivity index (χ1) is 14.8. The van der Waals surface area contributed by atoms with Crippen LogP contribution in [0.1, 0.15) is 58.4 Å². The molecule has 1 saturated heterocycles. The first-order valence-corrected chi connectivity index (χ1v) is 13.1. The molecular formula is C23H39N5O2S. The molecule has 0 spiro atoms. The van der Waals surface area contributed by atoms with E-state index in [0.29, 0.717) is 17.5 Å². The van der Waals surface area contributed by atoms with E-state index < -0.39 is 10.0 Å². The van der Waals surface area contributed by atoms with Crippen LogP contribution in [0.2, 0.25) is 0 Å². The Morgan fingerprint density at radius 1 is 1.19 bits per heavy atom. The first kappa shape index (κ1) is 24.0. The molecule has 7 nitrogen and oxygen atoms in total. The largest absolute Gasteiger partial charge is 0.357 e. The van der Waals surface area contributed by atoms with Crippen molar-refractivity contribution in [2.45, 2.75) is 82.4 Å². The summed E-state index contributed by atoms with van der Waals surface area (Å²) >= 11 is 0. The summed E-state index contributed by atoms with van der Waals surface area (Å²) in [5.41, 5.74) is 0.988. The molecule has 1 aromatic rings. The summed E-state index contributed by atoms with van der Waals surface area (Å²) in [5.74, 6) is 0.831.